The quantitative estimate of drug-likeness (QED) is 0.630. The fraction of sp³-hybridized carbons (Fsp3) is 0.308. The Hall–Kier alpha value is -1.10. The summed E-state index contributed by atoms with van der Waals surface area (Å²) in [5.41, 5.74) is 1.79. The number of hydrogen-bond acceptors (Lipinski definition) is 4. The van der Waals surface area contributed by atoms with Gasteiger partial charge in [-0.1, -0.05) is 18.2 Å². The average molecular weight is 249 g/mol. The number of pyridine rings is 1. The van der Waals surface area contributed by atoms with Crippen LogP contribution in [0.1, 0.15) is 12.0 Å². The molecule has 2 N–H and O–H groups in total. The third-order valence-electron chi connectivity index (χ3n) is 2.47. The van der Waals surface area contributed by atoms with Gasteiger partial charge >= 0.3 is 0 Å². The highest BCUT2D eigenvalue weighted by Crippen LogP contribution is 2.25. The highest BCUT2D eigenvalue weighted by atomic mass is 32.2. The molecule has 0 aliphatic rings. The molecule has 4 heteroatoms. The zero-order valence-electron chi connectivity index (χ0n) is 9.47. The molecule has 2 aromatic rings. The molecule has 0 aliphatic heterocycles. The number of nitrogens with zero attached hydrogens (tertiary/aromatic N) is 1. The second-order valence-electron chi connectivity index (χ2n) is 3.73. The Bertz CT molecular complexity index is 502. The second kappa shape index (κ2) is 6.00. The smallest absolute Gasteiger partial charge is 0.102 e. The standard InChI is InChI=1S/C13H15NO2S/c15-6-3-7-17-13-11(9-16)8-10-4-1-2-5-12(10)14-13/h1-2,4-5,8,15-16H,3,6-7,9H2. The van der Waals surface area contributed by atoms with Crippen LogP contribution in [0.15, 0.2) is 35.4 Å². The van der Waals surface area contributed by atoms with Gasteiger partial charge in [0.2, 0.25) is 0 Å². The number of aliphatic hydroxyl groups excluding tert-OH is 2. The number of aromatic nitrogens is 1. The van der Waals surface area contributed by atoms with Crippen molar-refractivity contribution < 1.29 is 10.2 Å². The Labute approximate surface area is 105 Å². The minimum atomic E-state index is -0.000702. The van der Waals surface area contributed by atoms with Gasteiger partial charge < -0.3 is 10.2 Å². The summed E-state index contributed by atoms with van der Waals surface area (Å²) in [4.78, 5) is 4.54. The molecule has 1 aromatic heterocycles. The maximum absolute atomic E-state index is 9.33. The summed E-state index contributed by atoms with van der Waals surface area (Å²) in [5, 5.41) is 20.0. The van der Waals surface area contributed by atoms with Crippen molar-refractivity contribution in [1.82, 2.24) is 4.98 Å². The molecule has 0 aliphatic carbocycles. The number of thioether (sulfide) groups is 1. The topological polar surface area (TPSA) is 53.4 Å². The van der Waals surface area contributed by atoms with Gasteiger partial charge in [0.05, 0.1) is 12.1 Å². The van der Waals surface area contributed by atoms with Gasteiger partial charge in [0.25, 0.3) is 0 Å². The summed E-state index contributed by atoms with van der Waals surface area (Å²) in [6, 6.07) is 9.85. The molecule has 0 bridgehead atoms. The van der Waals surface area contributed by atoms with Crippen molar-refractivity contribution in [2.75, 3.05) is 12.4 Å². The summed E-state index contributed by atoms with van der Waals surface area (Å²) >= 11 is 1.58. The summed E-state index contributed by atoms with van der Waals surface area (Å²) in [6.07, 6.45) is 0.740. The van der Waals surface area contributed by atoms with E-state index in [2.05, 4.69) is 4.98 Å². The fourth-order valence-electron chi connectivity index (χ4n) is 1.61. The van der Waals surface area contributed by atoms with Crippen LogP contribution in [0.4, 0.5) is 0 Å². The molecule has 17 heavy (non-hydrogen) atoms. The molecule has 0 saturated heterocycles. The lowest BCUT2D eigenvalue weighted by molar-refractivity contribution is 0.278. The molecule has 0 saturated carbocycles. The maximum atomic E-state index is 9.33. The number of para-hydroxylation sites is 1. The number of hydrogen-bond donors (Lipinski definition) is 2. The Morgan fingerprint density at radius 1 is 1.18 bits per heavy atom. The number of aliphatic hydroxyl groups is 2. The Morgan fingerprint density at radius 3 is 2.76 bits per heavy atom. The normalized spacial score (nSPS) is 10.9. The van der Waals surface area contributed by atoms with E-state index >= 15 is 0 Å². The molecule has 0 radical (unpaired) electrons. The van der Waals surface area contributed by atoms with Crippen molar-refractivity contribution in [3.63, 3.8) is 0 Å². The molecule has 0 unspecified atom stereocenters. The van der Waals surface area contributed by atoms with Crippen LogP contribution in [-0.4, -0.2) is 27.6 Å². The molecular weight excluding hydrogens is 234 g/mol. The van der Waals surface area contributed by atoms with Crippen LogP contribution in [0.5, 0.6) is 0 Å². The summed E-state index contributed by atoms with van der Waals surface area (Å²) in [7, 11) is 0. The predicted octanol–water partition coefficient (Wildman–Crippen LogP) is 2.20. The number of benzene rings is 1. The van der Waals surface area contributed by atoms with Crippen LogP contribution < -0.4 is 0 Å². The van der Waals surface area contributed by atoms with E-state index in [1.807, 2.05) is 30.3 Å². The van der Waals surface area contributed by atoms with Crippen molar-refractivity contribution in [3.05, 3.63) is 35.9 Å². The van der Waals surface area contributed by atoms with Gasteiger partial charge in [0.15, 0.2) is 0 Å². The first kappa shape index (κ1) is 12.4. The maximum Gasteiger partial charge on any atom is 0.102 e. The first-order chi connectivity index (χ1) is 8.35. The Balaban J connectivity index is 2.32. The highest BCUT2D eigenvalue weighted by molar-refractivity contribution is 7.99. The fourth-order valence-corrected chi connectivity index (χ4v) is 2.55. The predicted molar refractivity (Wildman–Crippen MR) is 70.1 cm³/mol. The van der Waals surface area contributed by atoms with Crippen molar-refractivity contribution in [2.45, 2.75) is 18.1 Å². The van der Waals surface area contributed by atoms with Crippen LogP contribution in [-0.2, 0) is 6.61 Å². The van der Waals surface area contributed by atoms with Crippen LogP contribution in [0, 0.1) is 0 Å². The first-order valence-electron chi connectivity index (χ1n) is 5.58. The van der Waals surface area contributed by atoms with E-state index in [1.165, 1.54) is 0 Å². The van der Waals surface area contributed by atoms with Crippen LogP contribution in [0.3, 0.4) is 0 Å². The molecule has 0 amide bonds. The van der Waals surface area contributed by atoms with E-state index in [0.29, 0.717) is 0 Å². The van der Waals surface area contributed by atoms with Gasteiger partial charge in [-0.05, 0) is 18.6 Å². The van der Waals surface area contributed by atoms with E-state index < -0.39 is 0 Å². The van der Waals surface area contributed by atoms with Gasteiger partial charge in [-0.3, -0.25) is 0 Å². The van der Waals surface area contributed by atoms with Crippen molar-refractivity contribution in [2.24, 2.45) is 0 Å². The zero-order valence-corrected chi connectivity index (χ0v) is 10.3. The Morgan fingerprint density at radius 2 is 2.00 bits per heavy atom. The highest BCUT2D eigenvalue weighted by Gasteiger charge is 2.06. The van der Waals surface area contributed by atoms with Crippen LogP contribution >= 0.6 is 11.8 Å². The van der Waals surface area contributed by atoms with E-state index in [4.69, 9.17) is 5.11 Å². The zero-order chi connectivity index (χ0) is 12.1. The molecule has 90 valence electrons. The molecule has 2 rings (SSSR count). The van der Waals surface area contributed by atoms with Gasteiger partial charge in [0.1, 0.15) is 5.03 Å². The average Bonchev–Trinajstić information content (AvgIpc) is 2.38. The van der Waals surface area contributed by atoms with Gasteiger partial charge in [0, 0.05) is 23.3 Å². The summed E-state index contributed by atoms with van der Waals surface area (Å²) < 4.78 is 0. The summed E-state index contributed by atoms with van der Waals surface area (Å²) in [5.74, 6) is 0.814. The molecule has 1 aromatic carbocycles. The lowest BCUT2D eigenvalue weighted by Crippen LogP contribution is -1.94. The molecule has 0 fully saturated rings. The van der Waals surface area contributed by atoms with Gasteiger partial charge in [-0.2, -0.15) is 0 Å². The van der Waals surface area contributed by atoms with Crippen LogP contribution in [0.25, 0.3) is 10.9 Å². The number of fused-ring (bicyclic) bond motifs is 1. The van der Waals surface area contributed by atoms with E-state index in [-0.39, 0.29) is 13.2 Å². The van der Waals surface area contributed by atoms with Crippen molar-refractivity contribution >= 4 is 22.7 Å². The second-order valence-corrected chi connectivity index (χ2v) is 4.81. The molecule has 1 heterocycles. The van der Waals surface area contributed by atoms with Crippen molar-refractivity contribution in [3.8, 4) is 0 Å². The minimum absolute atomic E-state index is 0.000702. The third kappa shape index (κ3) is 2.97. The van der Waals surface area contributed by atoms with Crippen LogP contribution in [0.2, 0.25) is 0 Å². The van der Waals surface area contributed by atoms with Gasteiger partial charge in [-0.15, -0.1) is 11.8 Å². The lowest BCUT2D eigenvalue weighted by atomic mass is 10.2. The van der Waals surface area contributed by atoms with E-state index in [9.17, 15) is 5.11 Å². The monoisotopic (exact) mass is 249 g/mol. The SMILES string of the molecule is OCCCSc1nc2ccccc2cc1CO. The minimum Gasteiger partial charge on any atom is -0.396 e. The molecular formula is C13H15NO2S. The first-order valence-corrected chi connectivity index (χ1v) is 6.57. The lowest BCUT2D eigenvalue weighted by Gasteiger charge is -2.07. The van der Waals surface area contributed by atoms with E-state index in [0.717, 1.165) is 33.7 Å². The van der Waals surface area contributed by atoms with E-state index in [1.54, 1.807) is 11.8 Å². The third-order valence-corrected chi connectivity index (χ3v) is 3.59. The van der Waals surface area contributed by atoms with Crippen molar-refractivity contribution in [1.29, 1.82) is 0 Å². The number of rotatable bonds is 5. The largest absolute Gasteiger partial charge is 0.396 e. The molecule has 0 spiro atoms. The van der Waals surface area contributed by atoms with Gasteiger partial charge in [-0.25, -0.2) is 4.98 Å². The molecule has 0 atom stereocenters. The molecule has 3 nitrogen and oxygen atoms in total. The summed E-state index contributed by atoms with van der Waals surface area (Å²) in [6.45, 7) is 0.189. The Kier molecular flexibility index (Phi) is 4.36.